The van der Waals surface area contributed by atoms with E-state index in [1.807, 2.05) is 11.0 Å². The minimum absolute atomic E-state index is 0.0384. The zero-order valence-corrected chi connectivity index (χ0v) is 18.2. The molecule has 2 amide bonds. The van der Waals surface area contributed by atoms with E-state index in [0.717, 1.165) is 5.56 Å². The Labute approximate surface area is 188 Å². The number of piperazine rings is 1. The highest BCUT2D eigenvalue weighted by molar-refractivity contribution is 6.05. The van der Waals surface area contributed by atoms with Gasteiger partial charge in [0.2, 0.25) is 17.8 Å². The number of nitrogens with one attached hydrogen (secondary N) is 2. The predicted octanol–water partition coefficient (Wildman–Crippen LogP) is 1.74. The number of nitrogens with zero attached hydrogens (tertiary/aromatic N) is 5. The first-order valence-electron chi connectivity index (χ1n) is 10.7. The first-order chi connectivity index (χ1) is 15.9. The van der Waals surface area contributed by atoms with Gasteiger partial charge in [-0.15, -0.1) is 5.10 Å². The molecule has 11 heteroatoms. The molecule has 0 radical (unpaired) electrons. The summed E-state index contributed by atoms with van der Waals surface area (Å²) in [5.74, 6) is -2.57. The van der Waals surface area contributed by atoms with Crippen molar-refractivity contribution in [1.29, 1.82) is 0 Å². The Morgan fingerprint density at radius 3 is 2.67 bits per heavy atom. The fourth-order valence-electron chi connectivity index (χ4n) is 4.49. The molecule has 1 fully saturated rings. The molecule has 2 aliphatic rings. The van der Waals surface area contributed by atoms with E-state index in [1.54, 1.807) is 19.2 Å². The average Bonchev–Trinajstić information content (AvgIpc) is 3.14. The number of amides is 2. The Morgan fingerprint density at radius 2 is 1.97 bits per heavy atom. The summed E-state index contributed by atoms with van der Waals surface area (Å²) < 4.78 is 30.4. The lowest BCUT2D eigenvalue weighted by Crippen LogP contribution is -2.46. The van der Waals surface area contributed by atoms with Crippen molar-refractivity contribution in [3.05, 3.63) is 53.1 Å². The lowest BCUT2D eigenvalue weighted by Gasteiger charge is -2.36. The summed E-state index contributed by atoms with van der Waals surface area (Å²) in [6, 6.07) is 4.95. The van der Waals surface area contributed by atoms with Crippen molar-refractivity contribution < 1.29 is 18.4 Å². The van der Waals surface area contributed by atoms with E-state index in [2.05, 4.69) is 25.6 Å². The third kappa shape index (κ3) is 3.67. The molecular weight excluding hydrogens is 432 g/mol. The average molecular weight is 455 g/mol. The summed E-state index contributed by atoms with van der Waals surface area (Å²) in [7, 11) is 1.47. The maximum atomic E-state index is 14.5. The van der Waals surface area contributed by atoms with Gasteiger partial charge in [-0.25, -0.2) is 9.50 Å². The maximum Gasteiger partial charge on any atom is 0.269 e. The second-order valence-electron chi connectivity index (χ2n) is 8.32. The van der Waals surface area contributed by atoms with E-state index in [1.165, 1.54) is 17.6 Å². The molecule has 0 saturated carbocycles. The van der Waals surface area contributed by atoms with Gasteiger partial charge >= 0.3 is 0 Å². The van der Waals surface area contributed by atoms with Crippen LogP contribution in [-0.4, -0.2) is 64.5 Å². The van der Waals surface area contributed by atoms with Gasteiger partial charge in [-0.2, -0.15) is 8.78 Å². The number of anilines is 2. The highest BCUT2D eigenvalue weighted by atomic mass is 19.1. The van der Waals surface area contributed by atoms with E-state index < -0.39 is 23.7 Å². The highest BCUT2D eigenvalue weighted by Crippen LogP contribution is 2.35. The highest BCUT2D eigenvalue weighted by Gasteiger charge is 2.31. The number of carbonyl (C=O) groups is 2. The molecule has 172 valence electrons. The number of rotatable bonds is 4. The van der Waals surface area contributed by atoms with Crippen molar-refractivity contribution >= 4 is 28.7 Å². The van der Waals surface area contributed by atoms with Crippen LogP contribution in [0.5, 0.6) is 0 Å². The van der Waals surface area contributed by atoms with Gasteiger partial charge in [0, 0.05) is 51.5 Å². The lowest BCUT2D eigenvalue weighted by atomic mass is 9.97. The Morgan fingerprint density at radius 1 is 1.21 bits per heavy atom. The summed E-state index contributed by atoms with van der Waals surface area (Å²) >= 11 is 0. The minimum atomic E-state index is -0.671. The van der Waals surface area contributed by atoms with Crippen LogP contribution in [0.1, 0.15) is 34.5 Å². The summed E-state index contributed by atoms with van der Waals surface area (Å²) in [5.41, 5.74) is 2.77. The second-order valence-corrected chi connectivity index (χ2v) is 8.32. The first-order valence-corrected chi connectivity index (χ1v) is 10.7. The molecule has 2 aliphatic heterocycles. The molecule has 33 heavy (non-hydrogen) atoms. The van der Waals surface area contributed by atoms with Crippen molar-refractivity contribution in [2.24, 2.45) is 0 Å². The molecule has 5 rings (SSSR count). The predicted molar refractivity (Wildman–Crippen MR) is 117 cm³/mol. The Bertz CT molecular complexity index is 1270. The van der Waals surface area contributed by atoms with E-state index in [4.69, 9.17) is 0 Å². The lowest BCUT2D eigenvalue weighted by molar-refractivity contribution is -0.117. The molecule has 3 aromatic rings. The molecule has 1 saturated heterocycles. The quantitative estimate of drug-likeness (QED) is 0.582. The van der Waals surface area contributed by atoms with Gasteiger partial charge in [0.05, 0.1) is 22.8 Å². The van der Waals surface area contributed by atoms with Gasteiger partial charge in [0.15, 0.2) is 0 Å². The van der Waals surface area contributed by atoms with Gasteiger partial charge in [-0.1, -0.05) is 0 Å². The largest absolute Gasteiger partial charge is 0.365 e. The molecule has 3 aromatic heterocycles. The summed E-state index contributed by atoms with van der Waals surface area (Å²) in [5, 5.41) is 9.24. The minimum Gasteiger partial charge on any atom is -0.365 e. The molecule has 0 bridgehead atoms. The van der Waals surface area contributed by atoms with Crippen LogP contribution in [0.15, 0.2) is 24.4 Å². The van der Waals surface area contributed by atoms with Crippen LogP contribution in [0.25, 0.3) is 5.52 Å². The van der Waals surface area contributed by atoms with Crippen LogP contribution >= 0.6 is 0 Å². The zero-order valence-electron chi connectivity index (χ0n) is 18.2. The van der Waals surface area contributed by atoms with Gasteiger partial charge in [-0.05, 0) is 30.7 Å². The number of hydrogen-bond donors (Lipinski definition) is 2. The molecule has 1 atom stereocenters. The maximum absolute atomic E-state index is 14.5. The Balaban J connectivity index is 1.29. The fourth-order valence-corrected chi connectivity index (χ4v) is 4.49. The first kappa shape index (κ1) is 21.3. The zero-order chi connectivity index (χ0) is 23.3. The van der Waals surface area contributed by atoms with Crippen LogP contribution < -0.4 is 15.5 Å². The number of pyridine rings is 2. The number of halogens is 2. The van der Waals surface area contributed by atoms with Crippen LogP contribution in [0.3, 0.4) is 0 Å². The summed E-state index contributed by atoms with van der Waals surface area (Å²) in [6.07, 6.45) is 1.78. The van der Waals surface area contributed by atoms with Crippen LogP contribution in [0, 0.1) is 11.9 Å². The van der Waals surface area contributed by atoms with Crippen molar-refractivity contribution in [2.45, 2.75) is 19.4 Å². The normalized spacial score (nSPS) is 18.5. The number of hydrogen-bond acceptors (Lipinski definition) is 6. The molecule has 0 aromatic carbocycles. The van der Waals surface area contributed by atoms with Crippen LogP contribution in [-0.2, 0) is 11.3 Å². The van der Waals surface area contributed by atoms with Gasteiger partial charge < -0.3 is 15.5 Å². The summed E-state index contributed by atoms with van der Waals surface area (Å²) in [4.78, 5) is 31.7. The molecular formula is C22H23F2N7O2. The van der Waals surface area contributed by atoms with E-state index in [0.29, 0.717) is 55.2 Å². The third-order valence-electron chi connectivity index (χ3n) is 6.27. The molecule has 0 unspecified atom stereocenters. The van der Waals surface area contributed by atoms with E-state index >= 15 is 0 Å². The van der Waals surface area contributed by atoms with Crippen molar-refractivity contribution in [1.82, 2.24) is 24.8 Å². The van der Waals surface area contributed by atoms with Crippen molar-refractivity contribution in [2.75, 3.05) is 43.4 Å². The number of aromatic nitrogens is 3. The fraction of sp³-hybridized carbons (Fsp3) is 0.364. The monoisotopic (exact) mass is 455 g/mol. The Hall–Kier alpha value is -3.60. The summed E-state index contributed by atoms with van der Waals surface area (Å²) in [6.45, 7) is 4.76. The SMILES string of the molecule is CNC(=O)c1ccc(N2CCN(Cc3cc4c5c(c(F)nn5c3)[C@H](C)C(=O)N4)CC2)c(F)n1. The van der Waals surface area contributed by atoms with Crippen molar-refractivity contribution in [3.63, 3.8) is 0 Å². The van der Waals surface area contributed by atoms with E-state index in [9.17, 15) is 18.4 Å². The Kier molecular flexibility index (Phi) is 5.20. The van der Waals surface area contributed by atoms with Gasteiger partial charge in [0.1, 0.15) is 5.69 Å². The molecule has 5 heterocycles. The molecule has 0 aliphatic carbocycles. The molecule has 9 nitrogen and oxygen atoms in total. The standard InChI is InChI=1S/C22H23F2N7O2/c1-12-17-18-15(27-21(12)32)9-13(11-31(18)28-20(17)24)10-29-5-7-30(8-6-29)16-4-3-14(22(33)25-2)26-19(16)23/h3-4,9,11-12H,5-8,10H2,1-2H3,(H,25,33)(H,27,32)/t12-/m0/s1. The van der Waals surface area contributed by atoms with Crippen molar-refractivity contribution in [3.8, 4) is 0 Å². The van der Waals surface area contributed by atoms with Gasteiger partial charge in [-0.3, -0.25) is 14.5 Å². The molecule has 2 N–H and O–H groups in total. The van der Waals surface area contributed by atoms with Crippen LogP contribution in [0.2, 0.25) is 0 Å². The van der Waals surface area contributed by atoms with Crippen LogP contribution in [0.4, 0.5) is 20.2 Å². The second kappa shape index (κ2) is 8.07. The topological polar surface area (TPSA) is 94.9 Å². The smallest absolute Gasteiger partial charge is 0.269 e. The molecule has 0 spiro atoms. The third-order valence-corrected chi connectivity index (χ3v) is 6.27. The number of carbonyl (C=O) groups excluding carboxylic acids is 2. The van der Waals surface area contributed by atoms with Gasteiger partial charge in [0.25, 0.3) is 5.91 Å². The van der Waals surface area contributed by atoms with E-state index in [-0.39, 0.29) is 11.6 Å².